The van der Waals surface area contributed by atoms with Gasteiger partial charge in [0.2, 0.25) is 5.91 Å². The van der Waals surface area contributed by atoms with Crippen LogP contribution >= 0.6 is 0 Å². The summed E-state index contributed by atoms with van der Waals surface area (Å²) in [7, 11) is -2.98. The molecule has 3 unspecified atom stereocenters. The van der Waals surface area contributed by atoms with E-state index in [4.69, 9.17) is 0 Å². The molecular weight excluding hydrogens is 360 g/mol. The lowest BCUT2D eigenvalue weighted by Gasteiger charge is -2.38. The number of carbonyl (C=O) groups is 1. The van der Waals surface area contributed by atoms with E-state index in [-0.39, 0.29) is 29.5 Å². The Morgan fingerprint density at radius 2 is 1.74 bits per heavy atom. The Kier molecular flexibility index (Phi) is 6.88. The van der Waals surface area contributed by atoms with Crippen LogP contribution in [-0.4, -0.2) is 66.8 Å². The predicted octanol–water partition coefficient (Wildman–Crippen LogP) is 3.09. The highest BCUT2D eigenvalue weighted by Crippen LogP contribution is 2.31. The van der Waals surface area contributed by atoms with Gasteiger partial charge in [-0.3, -0.25) is 9.69 Å². The zero-order valence-electron chi connectivity index (χ0n) is 17.4. The molecule has 1 saturated carbocycles. The highest BCUT2D eigenvalue weighted by atomic mass is 32.2. The maximum absolute atomic E-state index is 13.4. The summed E-state index contributed by atoms with van der Waals surface area (Å²) < 4.78 is 24.1. The molecular formula is C21H38N2O3S. The molecule has 6 heteroatoms. The van der Waals surface area contributed by atoms with Crippen LogP contribution in [0.5, 0.6) is 0 Å². The van der Waals surface area contributed by atoms with Gasteiger partial charge in [-0.05, 0) is 56.9 Å². The Bertz CT molecular complexity index is 613. The molecule has 3 fully saturated rings. The Labute approximate surface area is 165 Å². The van der Waals surface area contributed by atoms with Crippen molar-refractivity contribution in [2.75, 3.05) is 24.6 Å². The highest BCUT2D eigenvalue weighted by molar-refractivity contribution is 7.91. The fourth-order valence-electron chi connectivity index (χ4n) is 5.42. The minimum absolute atomic E-state index is 0.103. The summed E-state index contributed by atoms with van der Waals surface area (Å²) >= 11 is 0. The molecule has 1 aliphatic carbocycles. The number of amides is 1. The third-order valence-electron chi connectivity index (χ3n) is 7.05. The first-order chi connectivity index (χ1) is 12.8. The molecule has 5 nitrogen and oxygen atoms in total. The van der Waals surface area contributed by atoms with Crippen molar-refractivity contribution in [1.29, 1.82) is 0 Å². The quantitative estimate of drug-likeness (QED) is 0.714. The van der Waals surface area contributed by atoms with Crippen LogP contribution in [0.1, 0.15) is 72.1 Å². The third-order valence-corrected chi connectivity index (χ3v) is 8.80. The molecule has 0 aromatic rings. The molecule has 0 N–H and O–H groups in total. The maximum atomic E-state index is 13.4. The van der Waals surface area contributed by atoms with E-state index < -0.39 is 9.84 Å². The highest BCUT2D eigenvalue weighted by Gasteiger charge is 2.40. The molecule has 0 spiro atoms. The minimum Gasteiger partial charge on any atom is -0.335 e. The molecule has 0 radical (unpaired) electrons. The molecule has 0 aromatic carbocycles. The van der Waals surface area contributed by atoms with Crippen molar-refractivity contribution in [3.63, 3.8) is 0 Å². The number of sulfone groups is 1. The molecule has 27 heavy (non-hydrogen) atoms. The van der Waals surface area contributed by atoms with Crippen LogP contribution in [-0.2, 0) is 14.6 Å². The minimum atomic E-state index is -2.98. The van der Waals surface area contributed by atoms with Crippen LogP contribution < -0.4 is 0 Å². The van der Waals surface area contributed by atoms with E-state index >= 15 is 0 Å². The second-order valence-corrected chi connectivity index (χ2v) is 11.8. The Hall–Kier alpha value is -0.620. The van der Waals surface area contributed by atoms with E-state index in [9.17, 15) is 13.2 Å². The fourth-order valence-corrected chi connectivity index (χ4v) is 7.13. The van der Waals surface area contributed by atoms with Gasteiger partial charge in [-0.15, -0.1) is 0 Å². The van der Waals surface area contributed by atoms with E-state index in [0.29, 0.717) is 24.9 Å². The predicted molar refractivity (Wildman–Crippen MR) is 109 cm³/mol. The van der Waals surface area contributed by atoms with Gasteiger partial charge in [-0.25, -0.2) is 8.42 Å². The number of nitrogens with zero attached hydrogens (tertiary/aromatic N) is 2. The SMILES string of the molecule is CC1CCC(C(C)C)N(CC(=O)N(C2CCCC2)C2CCS(=O)(=O)C2)CC1. The Balaban J connectivity index is 1.74. The molecule has 0 aromatic heterocycles. The van der Waals surface area contributed by atoms with Crippen LogP contribution in [0.15, 0.2) is 0 Å². The van der Waals surface area contributed by atoms with E-state index in [0.717, 1.165) is 51.0 Å². The van der Waals surface area contributed by atoms with Gasteiger partial charge in [0.15, 0.2) is 9.84 Å². The van der Waals surface area contributed by atoms with Gasteiger partial charge in [0.25, 0.3) is 0 Å². The summed E-state index contributed by atoms with van der Waals surface area (Å²) in [5.74, 6) is 1.83. The van der Waals surface area contributed by atoms with Crippen LogP contribution in [0.3, 0.4) is 0 Å². The largest absolute Gasteiger partial charge is 0.335 e. The van der Waals surface area contributed by atoms with Crippen molar-refractivity contribution < 1.29 is 13.2 Å². The first-order valence-corrected chi connectivity index (χ1v) is 12.8. The molecule has 0 bridgehead atoms. The lowest BCUT2D eigenvalue weighted by atomic mass is 9.95. The van der Waals surface area contributed by atoms with E-state index in [2.05, 4.69) is 25.7 Å². The van der Waals surface area contributed by atoms with Gasteiger partial charge in [0.05, 0.1) is 18.1 Å². The third kappa shape index (κ3) is 5.26. The maximum Gasteiger partial charge on any atom is 0.237 e. The van der Waals surface area contributed by atoms with Crippen LogP contribution in [0.25, 0.3) is 0 Å². The molecule has 2 heterocycles. The lowest BCUT2D eigenvalue weighted by Crippen LogP contribution is -2.52. The second-order valence-electron chi connectivity index (χ2n) is 9.55. The van der Waals surface area contributed by atoms with Gasteiger partial charge in [-0.1, -0.05) is 33.6 Å². The fraction of sp³-hybridized carbons (Fsp3) is 0.952. The van der Waals surface area contributed by atoms with E-state index in [1.54, 1.807) is 0 Å². The summed E-state index contributed by atoms with van der Waals surface area (Å²) in [4.78, 5) is 17.9. The first-order valence-electron chi connectivity index (χ1n) is 11.0. The van der Waals surface area contributed by atoms with Crippen molar-refractivity contribution >= 4 is 15.7 Å². The van der Waals surface area contributed by atoms with Crippen molar-refractivity contribution in [2.24, 2.45) is 11.8 Å². The number of carbonyl (C=O) groups excluding carboxylic acids is 1. The summed E-state index contributed by atoms with van der Waals surface area (Å²) in [6.45, 7) is 8.28. The molecule has 2 saturated heterocycles. The monoisotopic (exact) mass is 398 g/mol. The summed E-state index contributed by atoms with van der Waals surface area (Å²) in [6, 6.07) is 0.602. The zero-order valence-corrected chi connectivity index (χ0v) is 18.2. The summed E-state index contributed by atoms with van der Waals surface area (Å²) in [5.41, 5.74) is 0. The average molecular weight is 399 g/mol. The number of likely N-dealkylation sites (tertiary alicyclic amines) is 1. The van der Waals surface area contributed by atoms with E-state index in [1.165, 1.54) is 6.42 Å². The lowest BCUT2D eigenvalue weighted by molar-refractivity contribution is -0.137. The van der Waals surface area contributed by atoms with Gasteiger partial charge >= 0.3 is 0 Å². The van der Waals surface area contributed by atoms with Gasteiger partial charge in [0, 0.05) is 18.1 Å². The molecule has 2 aliphatic heterocycles. The van der Waals surface area contributed by atoms with Crippen molar-refractivity contribution in [2.45, 2.75) is 90.3 Å². The summed E-state index contributed by atoms with van der Waals surface area (Å²) in [6.07, 6.45) is 8.55. The number of hydrogen-bond acceptors (Lipinski definition) is 4. The van der Waals surface area contributed by atoms with Gasteiger partial charge < -0.3 is 4.90 Å². The molecule has 3 atom stereocenters. The topological polar surface area (TPSA) is 57.7 Å². The molecule has 1 amide bonds. The second kappa shape index (κ2) is 8.81. The average Bonchev–Trinajstić information content (AvgIpc) is 3.18. The summed E-state index contributed by atoms with van der Waals surface area (Å²) in [5, 5.41) is 0. The molecule has 3 aliphatic rings. The van der Waals surface area contributed by atoms with Crippen LogP contribution in [0, 0.1) is 11.8 Å². The first kappa shape index (κ1) is 21.1. The number of rotatable bonds is 5. The van der Waals surface area contributed by atoms with Gasteiger partial charge in [0.1, 0.15) is 0 Å². The Morgan fingerprint density at radius 1 is 1.04 bits per heavy atom. The van der Waals surface area contributed by atoms with E-state index in [1.807, 2.05) is 4.90 Å². The Morgan fingerprint density at radius 3 is 2.33 bits per heavy atom. The van der Waals surface area contributed by atoms with Crippen LogP contribution in [0.4, 0.5) is 0 Å². The van der Waals surface area contributed by atoms with Gasteiger partial charge in [-0.2, -0.15) is 0 Å². The van der Waals surface area contributed by atoms with Crippen molar-refractivity contribution in [3.8, 4) is 0 Å². The molecule has 3 rings (SSSR count). The van der Waals surface area contributed by atoms with Crippen molar-refractivity contribution in [1.82, 2.24) is 9.80 Å². The van der Waals surface area contributed by atoms with Crippen LogP contribution in [0.2, 0.25) is 0 Å². The standard InChI is InChI=1S/C21H38N2O3S/c1-16(2)20-9-8-17(3)10-12-22(20)14-21(24)23(18-6-4-5-7-18)19-11-13-27(25,26)15-19/h16-20H,4-15H2,1-3H3. The zero-order chi connectivity index (χ0) is 19.6. The molecule has 156 valence electrons. The normalized spacial score (nSPS) is 32.7. The van der Waals surface area contributed by atoms with Crippen molar-refractivity contribution in [3.05, 3.63) is 0 Å². The smallest absolute Gasteiger partial charge is 0.237 e. The number of hydrogen-bond donors (Lipinski definition) is 0.